The lowest BCUT2D eigenvalue weighted by molar-refractivity contribution is -0.193. The van der Waals surface area contributed by atoms with Crippen LogP contribution in [0.15, 0.2) is 30.5 Å². The van der Waals surface area contributed by atoms with Gasteiger partial charge in [0.15, 0.2) is 0 Å². The number of benzene rings is 1. The Kier molecular flexibility index (Phi) is 10.7. The van der Waals surface area contributed by atoms with Gasteiger partial charge in [-0.3, -0.25) is 4.79 Å². The molecule has 0 saturated carbocycles. The van der Waals surface area contributed by atoms with Crippen molar-refractivity contribution in [2.45, 2.75) is 43.7 Å². The fourth-order valence-electron chi connectivity index (χ4n) is 2.90. The minimum absolute atomic E-state index is 0.232. The van der Waals surface area contributed by atoms with E-state index >= 15 is 0 Å². The monoisotopic (exact) mass is 529 g/mol. The Bertz CT molecular complexity index is 1040. The molecule has 1 aliphatic heterocycles. The number of fused-ring (bicyclic) bond motifs is 1. The third-order valence-electron chi connectivity index (χ3n) is 4.58. The number of hydrogen-bond donors (Lipinski definition) is 6. The maximum atomic E-state index is 12.1. The molecule has 200 valence electrons. The van der Waals surface area contributed by atoms with Gasteiger partial charge >= 0.3 is 30.3 Å². The van der Waals surface area contributed by atoms with Crippen molar-refractivity contribution >= 4 is 34.7 Å². The van der Waals surface area contributed by atoms with Gasteiger partial charge in [-0.1, -0.05) is 18.2 Å². The van der Waals surface area contributed by atoms with Gasteiger partial charge in [-0.25, -0.2) is 14.4 Å². The summed E-state index contributed by atoms with van der Waals surface area (Å²) >= 11 is 0. The average molecular weight is 529 g/mol. The molecule has 1 aromatic carbocycles. The first-order chi connectivity index (χ1) is 16.5. The second-order valence-electron chi connectivity index (χ2n) is 7.22. The van der Waals surface area contributed by atoms with E-state index in [1.807, 2.05) is 24.3 Å². The summed E-state index contributed by atoms with van der Waals surface area (Å²) in [5, 5.41) is 30.4. The van der Waals surface area contributed by atoms with Crippen LogP contribution < -0.4 is 10.6 Å². The van der Waals surface area contributed by atoms with Crippen molar-refractivity contribution in [2.24, 2.45) is 0 Å². The van der Waals surface area contributed by atoms with Crippen LogP contribution in [-0.4, -0.2) is 75.1 Å². The summed E-state index contributed by atoms with van der Waals surface area (Å²) in [5.41, 5.74) is 1.85. The van der Waals surface area contributed by atoms with Crippen molar-refractivity contribution in [3.05, 3.63) is 36.0 Å². The Labute approximate surface area is 198 Å². The lowest BCUT2D eigenvalue weighted by Gasteiger charge is -2.17. The number of carboxylic acids is 3. The van der Waals surface area contributed by atoms with Gasteiger partial charge in [0.05, 0.1) is 6.04 Å². The quantitative estimate of drug-likeness (QED) is 0.321. The summed E-state index contributed by atoms with van der Waals surface area (Å²) in [6.45, 7) is 0.804. The van der Waals surface area contributed by atoms with Crippen molar-refractivity contribution in [2.75, 3.05) is 6.54 Å². The molecular formula is C20H21F6N3O7. The number of aromatic nitrogens is 1. The van der Waals surface area contributed by atoms with E-state index in [0.717, 1.165) is 35.9 Å². The van der Waals surface area contributed by atoms with E-state index in [-0.39, 0.29) is 18.4 Å². The zero-order valence-electron chi connectivity index (χ0n) is 18.1. The molecule has 1 saturated heterocycles. The number of H-pyrrole nitrogens is 1. The van der Waals surface area contributed by atoms with E-state index in [9.17, 15) is 41.0 Å². The fourth-order valence-corrected chi connectivity index (χ4v) is 2.90. The molecule has 1 aliphatic rings. The number of rotatable bonds is 5. The van der Waals surface area contributed by atoms with Crippen LogP contribution >= 0.6 is 0 Å². The molecular weight excluding hydrogens is 508 g/mol. The van der Waals surface area contributed by atoms with Crippen molar-refractivity contribution in [3.8, 4) is 0 Å². The fraction of sp³-hybridized carbons (Fsp3) is 0.400. The minimum atomic E-state index is -5.08. The first kappa shape index (κ1) is 30.2. The van der Waals surface area contributed by atoms with Gasteiger partial charge in [0.1, 0.15) is 6.04 Å². The summed E-state index contributed by atoms with van der Waals surface area (Å²) in [5.74, 6) is -6.76. The normalized spacial score (nSPS) is 16.1. The van der Waals surface area contributed by atoms with E-state index in [0.29, 0.717) is 0 Å². The smallest absolute Gasteiger partial charge is 0.480 e. The van der Waals surface area contributed by atoms with Crippen molar-refractivity contribution in [1.82, 2.24) is 15.6 Å². The molecule has 2 atom stereocenters. The van der Waals surface area contributed by atoms with Crippen LogP contribution in [0.5, 0.6) is 0 Å². The number of amides is 1. The number of aliphatic carboxylic acids is 3. The molecule has 16 heteroatoms. The van der Waals surface area contributed by atoms with Crippen LogP contribution in [0.25, 0.3) is 10.9 Å². The number of halogens is 6. The lowest BCUT2D eigenvalue weighted by Crippen LogP contribution is -2.49. The second-order valence-corrected chi connectivity index (χ2v) is 7.22. The number of carbonyl (C=O) groups is 4. The Morgan fingerprint density at radius 3 is 1.94 bits per heavy atom. The Morgan fingerprint density at radius 1 is 0.972 bits per heavy atom. The highest BCUT2D eigenvalue weighted by Crippen LogP contribution is 2.19. The van der Waals surface area contributed by atoms with Gasteiger partial charge in [-0.15, -0.1) is 0 Å². The summed E-state index contributed by atoms with van der Waals surface area (Å²) in [6.07, 6.45) is -6.40. The average Bonchev–Trinajstić information content (AvgIpc) is 3.43. The van der Waals surface area contributed by atoms with Gasteiger partial charge in [-0.2, -0.15) is 26.3 Å². The number of alkyl halides is 6. The van der Waals surface area contributed by atoms with E-state index < -0.39 is 36.3 Å². The molecule has 1 fully saturated rings. The topological polar surface area (TPSA) is 169 Å². The SMILES string of the molecule is O=C(O)C(F)(F)F.O=C(O)C(F)(F)F.O=C(O)[C@H](Cc1c[nH]c2ccccc12)NC(=O)[C@@H]1CCCN1. The molecule has 0 bridgehead atoms. The molecule has 6 N–H and O–H groups in total. The van der Waals surface area contributed by atoms with Crippen molar-refractivity contribution in [3.63, 3.8) is 0 Å². The standard InChI is InChI=1S/C16H19N3O3.2C2HF3O2/c20-15(13-6-3-7-17-13)19-14(16(21)22)8-10-9-18-12-5-2-1-4-11(10)12;2*3-2(4,5)1(6)7/h1-2,4-5,9,13-14,17-18H,3,6-8H2,(H,19,20)(H,21,22);2*(H,6,7)/t13-,14-;;/m0../s1. The number of nitrogens with one attached hydrogen (secondary N) is 3. The van der Waals surface area contributed by atoms with E-state index in [1.54, 1.807) is 6.20 Å². The molecule has 0 aliphatic carbocycles. The van der Waals surface area contributed by atoms with Crippen LogP contribution in [0.1, 0.15) is 18.4 Å². The molecule has 1 amide bonds. The highest BCUT2D eigenvalue weighted by Gasteiger charge is 2.38. The molecule has 2 aromatic rings. The number of carbonyl (C=O) groups excluding carboxylic acids is 1. The number of para-hydroxylation sites is 1. The minimum Gasteiger partial charge on any atom is -0.480 e. The first-order valence-corrected chi connectivity index (χ1v) is 9.95. The van der Waals surface area contributed by atoms with Crippen LogP contribution in [0, 0.1) is 0 Å². The van der Waals surface area contributed by atoms with Gasteiger partial charge in [0.2, 0.25) is 5.91 Å². The molecule has 0 radical (unpaired) electrons. The molecule has 1 aromatic heterocycles. The van der Waals surface area contributed by atoms with E-state index in [1.165, 1.54) is 0 Å². The molecule has 3 rings (SSSR count). The van der Waals surface area contributed by atoms with Crippen LogP contribution in [0.4, 0.5) is 26.3 Å². The maximum absolute atomic E-state index is 12.1. The van der Waals surface area contributed by atoms with Gasteiger partial charge < -0.3 is 30.9 Å². The lowest BCUT2D eigenvalue weighted by atomic mass is 10.0. The summed E-state index contributed by atoms with van der Waals surface area (Å²) in [7, 11) is 0. The molecule has 0 unspecified atom stereocenters. The van der Waals surface area contributed by atoms with Crippen LogP contribution in [0.3, 0.4) is 0 Å². The molecule has 36 heavy (non-hydrogen) atoms. The van der Waals surface area contributed by atoms with E-state index in [4.69, 9.17) is 19.8 Å². The Morgan fingerprint density at radius 2 is 1.50 bits per heavy atom. The molecule has 0 spiro atoms. The predicted octanol–water partition coefficient (Wildman–Crippen LogP) is 2.30. The zero-order valence-corrected chi connectivity index (χ0v) is 18.1. The third-order valence-corrected chi connectivity index (χ3v) is 4.58. The number of carboxylic acid groups (broad SMARTS) is 3. The second kappa shape index (κ2) is 12.8. The highest BCUT2D eigenvalue weighted by atomic mass is 19.4. The van der Waals surface area contributed by atoms with Gasteiger partial charge in [0.25, 0.3) is 0 Å². The Hall–Kier alpha value is -3.82. The summed E-state index contributed by atoms with van der Waals surface area (Å²) < 4.78 is 63.5. The summed E-state index contributed by atoms with van der Waals surface area (Å²) in [4.78, 5) is 44.5. The number of aromatic amines is 1. The van der Waals surface area contributed by atoms with Crippen molar-refractivity contribution in [1.29, 1.82) is 0 Å². The van der Waals surface area contributed by atoms with Crippen LogP contribution in [-0.2, 0) is 25.6 Å². The predicted molar refractivity (Wildman–Crippen MR) is 110 cm³/mol. The van der Waals surface area contributed by atoms with Gasteiger partial charge in [0, 0.05) is 23.5 Å². The van der Waals surface area contributed by atoms with E-state index in [2.05, 4.69) is 15.6 Å². The van der Waals surface area contributed by atoms with Crippen LogP contribution in [0.2, 0.25) is 0 Å². The van der Waals surface area contributed by atoms with Crippen molar-refractivity contribution < 1.29 is 60.8 Å². The molecule has 10 nitrogen and oxygen atoms in total. The molecule has 2 heterocycles. The number of hydrogen-bond acceptors (Lipinski definition) is 5. The highest BCUT2D eigenvalue weighted by molar-refractivity contribution is 5.88. The first-order valence-electron chi connectivity index (χ1n) is 9.95. The summed E-state index contributed by atoms with van der Waals surface area (Å²) in [6, 6.07) is 6.52. The van der Waals surface area contributed by atoms with Gasteiger partial charge in [-0.05, 0) is 31.0 Å². The third kappa shape index (κ3) is 9.81. The Balaban J connectivity index is 0.000000383. The zero-order chi connectivity index (χ0) is 27.7. The maximum Gasteiger partial charge on any atom is 0.490 e. The largest absolute Gasteiger partial charge is 0.490 e.